The summed E-state index contributed by atoms with van der Waals surface area (Å²) in [6.45, 7) is -0.0630. The Balaban J connectivity index is 4.21. The minimum atomic E-state index is -1.17. The number of aliphatic carboxylic acids is 1. The minimum absolute atomic E-state index is 0.0774. The van der Waals surface area contributed by atoms with E-state index >= 15 is 0 Å². The van der Waals surface area contributed by atoms with Crippen LogP contribution in [0.4, 0.5) is 0 Å². The summed E-state index contributed by atoms with van der Waals surface area (Å²) in [6, 6.07) is -1.77. The summed E-state index contributed by atoms with van der Waals surface area (Å²) in [7, 11) is 0. The molecule has 2 atom stereocenters. The number of rotatable bonds is 12. The van der Waals surface area contributed by atoms with Crippen molar-refractivity contribution < 1.29 is 19.5 Å². The van der Waals surface area contributed by atoms with Crippen molar-refractivity contribution in [3.8, 4) is 0 Å². The lowest BCUT2D eigenvalue weighted by Gasteiger charge is -2.15. The van der Waals surface area contributed by atoms with Gasteiger partial charge in [0.2, 0.25) is 11.8 Å². The number of nitrogens with two attached hydrogens (primary N) is 3. The molecule has 0 saturated carbocycles. The van der Waals surface area contributed by atoms with Gasteiger partial charge in [-0.3, -0.25) is 14.6 Å². The maximum absolute atomic E-state index is 11.7. The molecule has 0 fully saturated rings. The van der Waals surface area contributed by atoms with E-state index in [1.807, 2.05) is 6.26 Å². The molecule has 0 aliphatic carbocycles. The molecule has 0 aromatic heterocycles. The van der Waals surface area contributed by atoms with E-state index in [9.17, 15) is 14.4 Å². The quantitative estimate of drug-likeness (QED) is 0.128. The molecule has 0 bridgehead atoms. The molecule has 0 rings (SSSR count). The number of hydrogen-bond donors (Lipinski definition) is 6. The van der Waals surface area contributed by atoms with Crippen molar-refractivity contribution in [3.63, 3.8) is 0 Å². The monoisotopic (exact) mass is 362 g/mol. The number of carbonyl (C=O) groups is 3. The Morgan fingerprint density at radius 1 is 1.25 bits per heavy atom. The number of amides is 2. The first kappa shape index (κ1) is 22.0. The third-order valence-electron chi connectivity index (χ3n) is 2.97. The van der Waals surface area contributed by atoms with Crippen LogP contribution in [-0.2, 0) is 14.4 Å². The Morgan fingerprint density at radius 2 is 1.92 bits per heavy atom. The average molecular weight is 362 g/mol. The fourth-order valence-corrected chi connectivity index (χ4v) is 2.17. The van der Waals surface area contributed by atoms with Gasteiger partial charge in [0, 0.05) is 6.54 Å². The molecule has 0 aromatic rings. The van der Waals surface area contributed by atoms with E-state index in [1.54, 1.807) is 11.8 Å². The van der Waals surface area contributed by atoms with E-state index < -0.39 is 29.9 Å². The molecule has 11 heteroatoms. The van der Waals surface area contributed by atoms with E-state index in [-0.39, 0.29) is 25.5 Å². The SMILES string of the molecule is CSCCC(N)C(=O)NCC(=O)NC(CCCN=C(N)N)C(=O)O. The smallest absolute Gasteiger partial charge is 0.326 e. The summed E-state index contributed by atoms with van der Waals surface area (Å²) in [5.41, 5.74) is 16.0. The van der Waals surface area contributed by atoms with Crippen LogP contribution in [0, 0.1) is 0 Å². The zero-order valence-electron chi connectivity index (χ0n) is 13.7. The average Bonchev–Trinajstić information content (AvgIpc) is 2.52. The molecule has 0 spiro atoms. The number of nitrogens with one attached hydrogen (secondary N) is 2. The van der Waals surface area contributed by atoms with Gasteiger partial charge in [0.05, 0.1) is 12.6 Å². The van der Waals surface area contributed by atoms with Crippen LogP contribution in [-0.4, -0.2) is 66.0 Å². The highest BCUT2D eigenvalue weighted by Gasteiger charge is 2.20. The van der Waals surface area contributed by atoms with E-state index in [2.05, 4.69) is 15.6 Å². The molecule has 0 saturated heterocycles. The zero-order valence-corrected chi connectivity index (χ0v) is 14.5. The summed E-state index contributed by atoms with van der Waals surface area (Å²) in [5, 5.41) is 13.8. The largest absolute Gasteiger partial charge is 0.480 e. The van der Waals surface area contributed by atoms with Gasteiger partial charge in [-0.2, -0.15) is 11.8 Å². The van der Waals surface area contributed by atoms with E-state index in [4.69, 9.17) is 22.3 Å². The van der Waals surface area contributed by atoms with E-state index in [0.717, 1.165) is 5.75 Å². The van der Waals surface area contributed by atoms with Gasteiger partial charge in [-0.25, -0.2) is 4.79 Å². The molecule has 0 heterocycles. The summed E-state index contributed by atoms with van der Waals surface area (Å²) >= 11 is 1.57. The molecule has 138 valence electrons. The van der Waals surface area contributed by atoms with Crippen LogP contribution in [0.1, 0.15) is 19.3 Å². The Hall–Kier alpha value is -2.01. The lowest BCUT2D eigenvalue weighted by molar-refractivity contribution is -0.141. The maximum atomic E-state index is 11.7. The summed E-state index contributed by atoms with van der Waals surface area (Å²) < 4.78 is 0. The molecular weight excluding hydrogens is 336 g/mol. The third kappa shape index (κ3) is 10.7. The van der Waals surface area contributed by atoms with Crippen LogP contribution in [0.2, 0.25) is 0 Å². The molecule has 9 N–H and O–H groups in total. The second kappa shape index (κ2) is 12.4. The molecule has 0 aliphatic rings. The second-order valence-corrected chi connectivity index (χ2v) is 6.00. The third-order valence-corrected chi connectivity index (χ3v) is 3.62. The van der Waals surface area contributed by atoms with Gasteiger partial charge < -0.3 is 32.9 Å². The second-order valence-electron chi connectivity index (χ2n) is 5.01. The fourth-order valence-electron chi connectivity index (χ4n) is 1.68. The number of aliphatic imine (C=N–C) groups is 1. The molecule has 2 amide bonds. The number of hydrogen-bond acceptors (Lipinski definition) is 6. The lowest BCUT2D eigenvalue weighted by atomic mass is 10.1. The first-order chi connectivity index (χ1) is 11.3. The van der Waals surface area contributed by atoms with Gasteiger partial charge in [-0.15, -0.1) is 0 Å². The van der Waals surface area contributed by atoms with Crippen LogP contribution in [0.25, 0.3) is 0 Å². The highest BCUT2D eigenvalue weighted by molar-refractivity contribution is 7.98. The molecule has 24 heavy (non-hydrogen) atoms. The minimum Gasteiger partial charge on any atom is -0.480 e. The van der Waals surface area contributed by atoms with Crippen molar-refractivity contribution in [3.05, 3.63) is 0 Å². The predicted molar refractivity (Wildman–Crippen MR) is 93.5 cm³/mol. The first-order valence-electron chi connectivity index (χ1n) is 7.37. The van der Waals surface area contributed by atoms with Crippen LogP contribution in [0.15, 0.2) is 4.99 Å². The van der Waals surface area contributed by atoms with Gasteiger partial charge in [-0.05, 0) is 31.3 Å². The molecule has 0 aliphatic heterocycles. The number of thioether (sulfide) groups is 1. The van der Waals surface area contributed by atoms with Crippen LogP contribution in [0.5, 0.6) is 0 Å². The molecule has 0 aromatic carbocycles. The highest BCUT2D eigenvalue weighted by Crippen LogP contribution is 1.99. The van der Waals surface area contributed by atoms with Gasteiger partial charge in [-0.1, -0.05) is 0 Å². The molecule has 10 nitrogen and oxygen atoms in total. The van der Waals surface area contributed by atoms with E-state index in [0.29, 0.717) is 12.8 Å². The van der Waals surface area contributed by atoms with Crippen molar-refractivity contribution >= 4 is 35.5 Å². The van der Waals surface area contributed by atoms with E-state index in [1.165, 1.54) is 0 Å². The lowest BCUT2D eigenvalue weighted by Crippen LogP contribution is -2.48. The standard InChI is InChI=1S/C13H26N6O4S/c1-24-6-4-8(14)11(21)18-7-10(20)19-9(12(22)23)3-2-5-17-13(15)16/h8-9H,2-7,14H2,1H3,(H,18,21)(H,19,20)(H,22,23)(H4,15,16,17). The molecular formula is C13H26N6O4S. The number of carboxylic acids is 1. The first-order valence-corrected chi connectivity index (χ1v) is 8.77. The summed E-state index contributed by atoms with van der Waals surface area (Å²) in [6.07, 6.45) is 2.95. The fraction of sp³-hybridized carbons (Fsp3) is 0.692. The highest BCUT2D eigenvalue weighted by atomic mass is 32.2. The van der Waals surface area contributed by atoms with Gasteiger partial charge in [0.15, 0.2) is 5.96 Å². The number of guanidine groups is 1. The Labute approximate surface area is 145 Å². The Morgan fingerprint density at radius 3 is 2.46 bits per heavy atom. The van der Waals surface area contributed by atoms with Crippen molar-refractivity contribution in [2.45, 2.75) is 31.3 Å². The molecule has 0 radical (unpaired) electrons. The van der Waals surface area contributed by atoms with Crippen molar-refractivity contribution in [2.24, 2.45) is 22.2 Å². The van der Waals surface area contributed by atoms with Crippen LogP contribution >= 0.6 is 11.8 Å². The maximum Gasteiger partial charge on any atom is 0.326 e. The Kier molecular flexibility index (Phi) is 11.4. The number of carboxylic acid groups (broad SMARTS) is 1. The number of nitrogens with zero attached hydrogens (tertiary/aromatic N) is 1. The van der Waals surface area contributed by atoms with Crippen LogP contribution < -0.4 is 27.8 Å². The van der Waals surface area contributed by atoms with Gasteiger partial charge in [0.1, 0.15) is 6.04 Å². The van der Waals surface area contributed by atoms with Gasteiger partial charge >= 0.3 is 5.97 Å². The van der Waals surface area contributed by atoms with Crippen molar-refractivity contribution in [2.75, 3.05) is 25.1 Å². The normalized spacial score (nSPS) is 12.8. The van der Waals surface area contributed by atoms with Crippen molar-refractivity contribution in [1.29, 1.82) is 0 Å². The zero-order chi connectivity index (χ0) is 18.5. The topological polar surface area (TPSA) is 186 Å². The Bertz CT molecular complexity index is 456. The van der Waals surface area contributed by atoms with Gasteiger partial charge in [0.25, 0.3) is 0 Å². The predicted octanol–water partition coefficient (Wildman–Crippen LogP) is -2.19. The molecule has 2 unspecified atom stereocenters. The summed E-state index contributed by atoms with van der Waals surface area (Å²) in [4.78, 5) is 38.3. The van der Waals surface area contributed by atoms with Crippen molar-refractivity contribution in [1.82, 2.24) is 10.6 Å². The number of carbonyl (C=O) groups excluding carboxylic acids is 2. The van der Waals surface area contributed by atoms with Crippen LogP contribution in [0.3, 0.4) is 0 Å². The summed E-state index contributed by atoms with van der Waals surface area (Å²) in [5.74, 6) is -1.56.